The number of sulfonamides is 1. The summed E-state index contributed by atoms with van der Waals surface area (Å²) in [6.45, 7) is 4.80. The second-order valence-electron chi connectivity index (χ2n) is 5.77. The molecule has 0 bridgehead atoms. The van der Waals surface area contributed by atoms with Crippen LogP contribution in [-0.4, -0.2) is 15.5 Å². The Hall–Kier alpha value is -2.29. The van der Waals surface area contributed by atoms with E-state index in [1.54, 1.807) is 20.8 Å². The third-order valence-corrected chi connectivity index (χ3v) is 5.66. The maximum absolute atomic E-state index is 13.4. The number of hydrogen-bond donors (Lipinski definition) is 1. The number of nitrogens with one attached hydrogen (secondary N) is 1. The summed E-state index contributed by atoms with van der Waals surface area (Å²) in [5.74, 6) is -0.979. The minimum atomic E-state index is -4.94. The Kier molecular flexibility index (Phi) is 5.23. The number of alkyl halides is 3. The predicted molar refractivity (Wildman–Crippen MR) is 89.4 cm³/mol. The Morgan fingerprint density at radius 2 is 1.65 bits per heavy atom. The first-order chi connectivity index (χ1) is 11.9. The normalized spacial score (nSPS) is 12.2. The van der Waals surface area contributed by atoms with E-state index in [-0.39, 0.29) is 10.6 Å². The number of hydrogen-bond acceptors (Lipinski definition) is 3. The fourth-order valence-electron chi connectivity index (χ4n) is 2.66. The fraction of sp³-hybridized carbons (Fsp3) is 0.294. The molecule has 9 heteroatoms. The summed E-state index contributed by atoms with van der Waals surface area (Å²) in [5, 5.41) is 0. The standard InChI is InChI=1S/C17H17F4NO3S/c1-9-7-15(25-4)10(2)11(3)16(9)26(23,24)22-12-5-6-14(18)13(8-12)17(19,20)21/h5-8,22H,1-4H3. The Labute approximate surface area is 148 Å². The van der Waals surface area contributed by atoms with E-state index in [4.69, 9.17) is 4.74 Å². The summed E-state index contributed by atoms with van der Waals surface area (Å²) in [6.07, 6.45) is -4.94. The fourth-order valence-corrected chi connectivity index (χ4v) is 4.24. The van der Waals surface area contributed by atoms with E-state index in [1.165, 1.54) is 13.2 Å². The van der Waals surface area contributed by atoms with Gasteiger partial charge in [0.15, 0.2) is 0 Å². The summed E-state index contributed by atoms with van der Waals surface area (Å²) >= 11 is 0. The monoisotopic (exact) mass is 391 g/mol. The summed E-state index contributed by atoms with van der Waals surface area (Å²) < 4.78 is 84.5. The molecule has 2 aromatic rings. The van der Waals surface area contributed by atoms with Crippen molar-refractivity contribution in [2.75, 3.05) is 11.8 Å². The third-order valence-electron chi connectivity index (χ3n) is 3.99. The summed E-state index contributed by atoms with van der Waals surface area (Å²) in [5.41, 5.74) is -0.556. The average molecular weight is 391 g/mol. The molecule has 2 rings (SSSR count). The second kappa shape index (κ2) is 6.79. The maximum Gasteiger partial charge on any atom is 0.419 e. The first-order valence-electron chi connectivity index (χ1n) is 7.43. The molecule has 0 radical (unpaired) electrons. The van der Waals surface area contributed by atoms with Crippen molar-refractivity contribution < 1.29 is 30.7 Å². The number of aryl methyl sites for hydroxylation is 1. The van der Waals surface area contributed by atoms with E-state index in [9.17, 15) is 26.0 Å². The van der Waals surface area contributed by atoms with Crippen molar-refractivity contribution in [2.45, 2.75) is 31.8 Å². The zero-order valence-electron chi connectivity index (χ0n) is 14.5. The molecule has 2 aromatic carbocycles. The minimum absolute atomic E-state index is 0.0614. The molecule has 0 unspecified atom stereocenters. The predicted octanol–water partition coefficient (Wildman–Crippen LogP) is 4.58. The molecule has 142 valence electrons. The summed E-state index contributed by atoms with van der Waals surface area (Å²) in [7, 11) is -2.74. The zero-order chi connectivity index (χ0) is 19.9. The molecule has 0 amide bonds. The topological polar surface area (TPSA) is 55.4 Å². The van der Waals surface area contributed by atoms with Crippen LogP contribution in [0.2, 0.25) is 0 Å². The van der Waals surface area contributed by atoms with Gasteiger partial charge in [-0.25, -0.2) is 12.8 Å². The number of rotatable bonds is 4. The molecule has 0 aliphatic rings. The molecule has 0 atom stereocenters. The van der Waals surface area contributed by atoms with Crippen molar-refractivity contribution in [3.05, 3.63) is 52.3 Å². The largest absolute Gasteiger partial charge is 0.496 e. The lowest BCUT2D eigenvalue weighted by atomic mass is 10.1. The van der Waals surface area contributed by atoms with Crippen LogP contribution in [0.3, 0.4) is 0 Å². The molecular weight excluding hydrogens is 374 g/mol. The second-order valence-corrected chi connectivity index (χ2v) is 7.39. The smallest absolute Gasteiger partial charge is 0.419 e. The van der Waals surface area contributed by atoms with Crippen LogP contribution in [0.5, 0.6) is 5.75 Å². The highest BCUT2D eigenvalue weighted by Gasteiger charge is 2.34. The lowest BCUT2D eigenvalue weighted by Crippen LogP contribution is -2.17. The number of ether oxygens (including phenoxy) is 1. The van der Waals surface area contributed by atoms with Gasteiger partial charge >= 0.3 is 6.18 Å². The maximum atomic E-state index is 13.4. The van der Waals surface area contributed by atoms with Crippen LogP contribution < -0.4 is 9.46 Å². The van der Waals surface area contributed by atoms with E-state index < -0.39 is 27.6 Å². The molecule has 0 saturated heterocycles. The number of anilines is 1. The Morgan fingerprint density at radius 3 is 2.19 bits per heavy atom. The van der Waals surface area contributed by atoms with Gasteiger partial charge in [-0.2, -0.15) is 13.2 Å². The molecule has 0 spiro atoms. The van der Waals surface area contributed by atoms with Crippen LogP contribution in [0.1, 0.15) is 22.3 Å². The quantitative estimate of drug-likeness (QED) is 0.777. The molecule has 0 aromatic heterocycles. The van der Waals surface area contributed by atoms with Crippen molar-refractivity contribution in [3.63, 3.8) is 0 Å². The average Bonchev–Trinajstić information content (AvgIpc) is 2.51. The minimum Gasteiger partial charge on any atom is -0.496 e. The molecule has 4 nitrogen and oxygen atoms in total. The van der Waals surface area contributed by atoms with E-state index in [0.29, 0.717) is 34.6 Å². The highest BCUT2D eigenvalue weighted by molar-refractivity contribution is 7.92. The van der Waals surface area contributed by atoms with Gasteiger partial charge in [0.25, 0.3) is 10.0 Å². The highest BCUT2D eigenvalue weighted by Crippen LogP contribution is 2.35. The van der Waals surface area contributed by atoms with Crippen molar-refractivity contribution in [3.8, 4) is 5.75 Å². The molecular formula is C17H17F4NO3S. The van der Waals surface area contributed by atoms with Crippen molar-refractivity contribution in [1.82, 2.24) is 0 Å². The Bertz CT molecular complexity index is 953. The van der Waals surface area contributed by atoms with Crippen molar-refractivity contribution >= 4 is 15.7 Å². The molecule has 0 aliphatic heterocycles. The summed E-state index contributed by atoms with van der Waals surface area (Å²) in [6, 6.07) is 3.46. The Morgan fingerprint density at radius 1 is 1.04 bits per heavy atom. The third kappa shape index (κ3) is 3.77. The van der Waals surface area contributed by atoms with Crippen LogP contribution >= 0.6 is 0 Å². The first kappa shape index (κ1) is 20.0. The van der Waals surface area contributed by atoms with Gasteiger partial charge in [0.05, 0.1) is 17.6 Å². The number of benzene rings is 2. The van der Waals surface area contributed by atoms with Gasteiger partial charge in [0.2, 0.25) is 0 Å². The van der Waals surface area contributed by atoms with E-state index in [2.05, 4.69) is 4.72 Å². The lowest BCUT2D eigenvalue weighted by Gasteiger charge is -2.18. The molecule has 26 heavy (non-hydrogen) atoms. The van der Waals surface area contributed by atoms with Crippen LogP contribution in [0.25, 0.3) is 0 Å². The highest BCUT2D eigenvalue weighted by atomic mass is 32.2. The molecule has 0 heterocycles. The first-order valence-corrected chi connectivity index (χ1v) is 8.91. The van der Waals surface area contributed by atoms with E-state index in [0.717, 1.165) is 6.07 Å². The van der Waals surface area contributed by atoms with Gasteiger partial charge in [-0.3, -0.25) is 4.72 Å². The van der Waals surface area contributed by atoms with E-state index >= 15 is 0 Å². The zero-order valence-corrected chi connectivity index (χ0v) is 15.3. The van der Waals surface area contributed by atoms with Gasteiger partial charge in [-0.1, -0.05) is 0 Å². The van der Waals surface area contributed by atoms with Gasteiger partial charge < -0.3 is 4.74 Å². The van der Waals surface area contributed by atoms with E-state index in [1.807, 2.05) is 0 Å². The molecule has 1 N–H and O–H groups in total. The summed E-state index contributed by atoms with van der Waals surface area (Å²) in [4.78, 5) is -0.0614. The van der Waals surface area contributed by atoms with Gasteiger partial charge in [0, 0.05) is 5.69 Å². The molecule has 0 saturated carbocycles. The van der Waals surface area contributed by atoms with Crippen molar-refractivity contribution in [2.24, 2.45) is 0 Å². The lowest BCUT2D eigenvalue weighted by molar-refractivity contribution is -0.139. The number of methoxy groups -OCH3 is 1. The molecule has 0 fully saturated rings. The van der Waals surface area contributed by atoms with Crippen LogP contribution in [-0.2, 0) is 16.2 Å². The van der Waals surface area contributed by atoms with Crippen LogP contribution in [0, 0.1) is 26.6 Å². The van der Waals surface area contributed by atoms with Gasteiger partial charge in [-0.05, 0) is 61.7 Å². The van der Waals surface area contributed by atoms with Crippen LogP contribution in [0.15, 0.2) is 29.2 Å². The van der Waals surface area contributed by atoms with Gasteiger partial charge in [-0.15, -0.1) is 0 Å². The molecule has 0 aliphatic carbocycles. The van der Waals surface area contributed by atoms with Gasteiger partial charge in [0.1, 0.15) is 11.6 Å². The van der Waals surface area contributed by atoms with Crippen molar-refractivity contribution in [1.29, 1.82) is 0 Å². The number of halogens is 4. The van der Waals surface area contributed by atoms with Crippen LogP contribution in [0.4, 0.5) is 23.2 Å². The SMILES string of the molecule is COc1cc(C)c(S(=O)(=O)Nc2ccc(F)c(C(F)(F)F)c2)c(C)c1C. The Balaban J connectivity index is 2.53.